The Bertz CT molecular complexity index is 732. The number of benzene rings is 1. The summed E-state index contributed by atoms with van der Waals surface area (Å²) in [5, 5.41) is 3.86. The molecule has 0 aliphatic heterocycles. The molecule has 0 bridgehead atoms. The molecule has 0 atom stereocenters. The molecule has 1 saturated carbocycles. The Kier molecular flexibility index (Phi) is 2.51. The molecule has 6 nitrogen and oxygen atoms in total. The molecule has 1 aromatic carbocycles. The zero-order chi connectivity index (χ0) is 13.7. The molecule has 7 heteroatoms. The van der Waals surface area contributed by atoms with Gasteiger partial charge in [0.05, 0.1) is 10.4 Å². The third-order valence-corrected chi connectivity index (χ3v) is 4.27. The van der Waals surface area contributed by atoms with E-state index >= 15 is 0 Å². The van der Waals surface area contributed by atoms with Crippen molar-refractivity contribution in [2.75, 3.05) is 6.26 Å². The molecule has 2 N–H and O–H groups in total. The molecule has 1 aromatic heterocycles. The molecule has 0 saturated heterocycles. The third-order valence-electron chi connectivity index (χ3n) is 3.16. The first-order valence-corrected chi connectivity index (χ1v) is 7.71. The summed E-state index contributed by atoms with van der Waals surface area (Å²) in [5.41, 5.74) is 6.08. The van der Waals surface area contributed by atoms with Crippen LogP contribution in [-0.2, 0) is 15.4 Å². The van der Waals surface area contributed by atoms with Crippen LogP contribution in [0.5, 0.6) is 0 Å². The minimum absolute atomic E-state index is 0.227. The predicted octanol–water partition coefficient (Wildman–Crippen LogP) is 1.09. The molecule has 1 fully saturated rings. The number of rotatable bonds is 3. The predicted molar refractivity (Wildman–Crippen MR) is 67.9 cm³/mol. The monoisotopic (exact) mass is 279 g/mol. The number of nitrogens with zero attached hydrogens (tertiary/aromatic N) is 2. The van der Waals surface area contributed by atoms with Crippen LogP contribution in [0, 0.1) is 0 Å². The maximum atomic E-state index is 11.5. The Morgan fingerprint density at radius 1 is 1.37 bits per heavy atom. The molecule has 100 valence electrons. The van der Waals surface area contributed by atoms with E-state index in [0.717, 1.165) is 19.1 Å². The average Bonchev–Trinajstić information content (AvgIpc) is 2.93. The van der Waals surface area contributed by atoms with Gasteiger partial charge in [0.25, 0.3) is 0 Å². The average molecular weight is 279 g/mol. The number of sulfone groups is 1. The molecule has 19 heavy (non-hydrogen) atoms. The number of aromatic nitrogens is 2. The van der Waals surface area contributed by atoms with Crippen LogP contribution in [0.2, 0.25) is 0 Å². The Hall–Kier alpha value is -1.73. The van der Waals surface area contributed by atoms with Crippen molar-refractivity contribution in [1.82, 2.24) is 10.1 Å². The van der Waals surface area contributed by atoms with Gasteiger partial charge in [0.1, 0.15) is 0 Å². The topological polar surface area (TPSA) is 99.1 Å². The maximum absolute atomic E-state index is 11.5. The quantitative estimate of drug-likeness (QED) is 0.902. The van der Waals surface area contributed by atoms with Crippen LogP contribution in [0.3, 0.4) is 0 Å². The van der Waals surface area contributed by atoms with Crippen LogP contribution >= 0.6 is 0 Å². The Morgan fingerprint density at radius 3 is 2.74 bits per heavy atom. The first-order valence-electron chi connectivity index (χ1n) is 5.82. The van der Waals surface area contributed by atoms with Crippen molar-refractivity contribution >= 4 is 9.84 Å². The first kappa shape index (κ1) is 12.3. The van der Waals surface area contributed by atoms with Crippen molar-refractivity contribution < 1.29 is 12.9 Å². The van der Waals surface area contributed by atoms with Crippen LogP contribution < -0.4 is 5.73 Å². The van der Waals surface area contributed by atoms with Gasteiger partial charge in [-0.2, -0.15) is 4.98 Å². The first-order chi connectivity index (χ1) is 8.88. The molecule has 1 aliphatic carbocycles. The fourth-order valence-corrected chi connectivity index (χ4v) is 2.42. The van der Waals surface area contributed by atoms with Gasteiger partial charge >= 0.3 is 0 Å². The number of nitrogens with two attached hydrogens (primary N) is 1. The molecule has 0 unspecified atom stereocenters. The maximum Gasteiger partial charge on any atom is 0.247 e. The molecule has 2 aromatic rings. The van der Waals surface area contributed by atoms with E-state index in [1.807, 2.05) is 0 Å². The van der Waals surface area contributed by atoms with Gasteiger partial charge in [-0.25, -0.2) is 8.42 Å². The summed E-state index contributed by atoms with van der Waals surface area (Å²) in [5.74, 6) is 0.768. The van der Waals surface area contributed by atoms with E-state index in [2.05, 4.69) is 10.1 Å². The van der Waals surface area contributed by atoms with Crippen molar-refractivity contribution in [3.05, 3.63) is 30.2 Å². The van der Waals surface area contributed by atoms with Crippen LogP contribution in [0.25, 0.3) is 11.4 Å². The third kappa shape index (κ3) is 2.26. The van der Waals surface area contributed by atoms with Crippen molar-refractivity contribution in [3.63, 3.8) is 0 Å². The lowest BCUT2D eigenvalue weighted by Gasteiger charge is -2.00. The van der Waals surface area contributed by atoms with Gasteiger partial charge in [0, 0.05) is 11.8 Å². The fourth-order valence-electron chi connectivity index (χ4n) is 1.76. The van der Waals surface area contributed by atoms with Crippen LogP contribution in [0.15, 0.2) is 33.7 Å². The van der Waals surface area contributed by atoms with E-state index in [-0.39, 0.29) is 4.90 Å². The summed E-state index contributed by atoms with van der Waals surface area (Å²) in [4.78, 5) is 4.47. The van der Waals surface area contributed by atoms with Crippen molar-refractivity contribution in [2.45, 2.75) is 23.3 Å². The smallest absolute Gasteiger partial charge is 0.247 e. The molecular formula is C12H13N3O3S. The molecule has 1 aliphatic rings. The Morgan fingerprint density at radius 2 is 2.11 bits per heavy atom. The van der Waals surface area contributed by atoms with Gasteiger partial charge in [-0.05, 0) is 25.0 Å². The van der Waals surface area contributed by atoms with E-state index < -0.39 is 15.4 Å². The highest BCUT2D eigenvalue weighted by atomic mass is 32.2. The Labute approximate surface area is 110 Å². The summed E-state index contributed by atoms with van der Waals surface area (Å²) in [7, 11) is -3.25. The number of hydrogen-bond donors (Lipinski definition) is 1. The second-order valence-electron chi connectivity index (χ2n) is 4.88. The minimum Gasteiger partial charge on any atom is -0.337 e. The van der Waals surface area contributed by atoms with Gasteiger partial charge in [-0.1, -0.05) is 17.3 Å². The van der Waals surface area contributed by atoms with Gasteiger partial charge < -0.3 is 10.3 Å². The van der Waals surface area contributed by atoms with Gasteiger partial charge in [-0.3, -0.25) is 0 Å². The molecule has 0 spiro atoms. The van der Waals surface area contributed by atoms with Crippen molar-refractivity contribution in [2.24, 2.45) is 5.73 Å². The normalized spacial score (nSPS) is 17.4. The Balaban J connectivity index is 2.00. The second-order valence-corrected chi connectivity index (χ2v) is 6.90. The molecule has 1 heterocycles. The van der Waals surface area contributed by atoms with Gasteiger partial charge in [0.15, 0.2) is 9.84 Å². The van der Waals surface area contributed by atoms with E-state index in [0.29, 0.717) is 17.3 Å². The van der Waals surface area contributed by atoms with Crippen LogP contribution in [0.1, 0.15) is 18.7 Å². The van der Waals surface area contributed by atoms with Crippen molar-refractivity contribution in [1.29, 1.82) is 0 Å². The fraction of sp³-hybridized carbons (Fsp3) is 0.333. The highest BCUT2D eigenvalue weighted by Crippen LogP contribution is 2.42. The summed E-state index contributed by atoms with van der Waals surface area (Å²) >= 11 is 0. The highest BCUT2D eigenvalue weighted by Gasteiger charge is 2.45. The van der Waals surface area contributed by atoms with E-state index in [1.165, 1.54) is 12.1 Å². The molecular weight excluding hydrogens is 266 g/mol. The largest absolute Gasteiger partial charge is 0.337 e. The summed E-state index contributed by atoms with van der Waals surface area (Å²) in [6.07, 6.45) is 2.82. The molecule has 0 radical (unpaired) electrons. The summed E-state index contributed by atoms with van der Waals surface area (Å²) in [6, 6.07) is 6.45. The zero-order valence-electron chi connectivity index (χ0n) is 10.3. The molecule has 0 amide bonds. The van der Waals surface area contributed by atoms with Crippen LogP contribution in [0.4, 0.5) is 0 Å². The summed E-state index contributed by atoms with van der Waals surface area (Å²) < 4.78 is 28.1. The van der Waals surface area contributed by atoms with E-state index in [9.17, 15) is 8.42 Å². The SMILES string of the molecule is CS(=O)(=O)c1cccc(-c2noc(C3(N)CC3)n2)c1. The van der Waals surface area contributed by atoms with E-state index in [1.54, 1.807) is 12.1 Å². The van der Waals surface area contributed by atoms with Crippen molar-refractivity contribution in [3.8, 4) is 11.4 Å². The van der Waals surface area contributed by atoms with Crippen LogP contribution in [-0.4, -0.2) is 24.8 Å². The van der Waals surface area contributed by atoms with E-state index in [4.69, 9.17) is 10.3 Å². The lowest BCUT2D eigenvalue weighted by Crippen LogP contribution is -2.18. The number of hydrogen-bond acceptors (Lipinski definition) is 6. The molecule has 3 rings (SSSR count). The lowest BCUT2D eigenvalue weighted by molar-refractivity contribution is 0.348. The van der Waals surface area contributed by atoms with Gasteiger partial charge in [-0.15, -0.1) is 0 Å². The lowest BCUT2D eigenvalue weighted by atomic mass is 10.2. The zero-order valence-corrected chi connectivity index (χ0v) is 11.1. The summed E-state index contributed by atoms with van der Waals surface area (Å²) in [6.45, 7) is 0. The standard InChI is InChI=1S/C12H13N3O3S/c1-19(16,17)9-4-2-3-8(7-9)10-14-11(18-15-10)12(13)5-6-12/h2-4,7H,5-6,13H2,1H3. The highest BCUT2D eigenvalue weighted by molar-refractivity contribution is 7.90. The second kappa shape index (κ2) is 3.88. The minimum atomic E-state index is -3.25. The van der Waals surface area contributed by atoms with Gasteiger partial charge in [0.2, 0.25) is 11.7 Å².